The predicted molar refractivity (Wildman–Crippen MR) is 94.2 cm³/mol. The maximum Gasteiger partial charge on any atom is 0.241 e. The maximum absolute atomic E-state index is 12.6. The summed E-state index contributed by atoms with van der Waals surface area (Å²) in [7, 11) is -7.84. The molecule has 1 amide bonds. The van der Waals surface area contributed by atoms with Crippen LogP contribution < -0.4 is 10.0 Å². The van der Waals surface area contributed by atoms with E-state index in [1.54, 1.807) is 24.4 Å². The van der Waals surface area contributed by atoms with Gasteiger partial charge < -0.3 is 5.32 Å². The van der Waals surface area contributed by atoms with Crippen LogP contribution in [0.5, 0.6) is 0 Å². The molecule has 138 valence electrons. The predicted octanol–water partition coefficient (Wildman–Crippen LogP) is -0.434. The first-order valence-electron chi connectivity index (χ1n) is 7.32. The number of nitrogens with zero attached hydrogens (tertiary/aromatic N) is 2. The van der Waals surface area contributed by atoms with E-state index in [0.717, 1.165) is 6.26 Å². The molecule has 26 heavy (non-hydrogen) atoms. The molecular weight excluding hydrogens is 380 g/mol. The Morgan fingerprint density at radius 3 is 2.65 bits per heavy atom. The summed E-state index contributed by atoms with van der Waals surface area (Å²) in [5.74, 6) is -1.64. The number of aromatic nitrogens is 1. The number of sulfone groups is 1. The van der Waals surface area contributed by atoms with E-state index in [2.05, 4.69) is 15.0 Å². The highest BCUT2D eigenvalue weighted by atomic mass is 32.2. The third kappa shape index (κ3) is 5.22. The Morgan fingerprint density at radius 1 is 1.27 bits per heavy atom. The molecule has 1 aromatic carbocycles. The summed E-state index contributed by atoms with van der Waals surface area (Å²) in [4.78, 5) is 16.0. The normalized spacial score (nSPS) is 13.1. The fourth-order valence-corrected chi connectivity index (χ4v) is 4.37. The molecule has 9 nitrogen and oxygen atoms in total. The molecule has 1 atom stereocenters. The van der Waals surface area contributed by atoms with Crippen LogP contribution in [0.4, 0.5) is 0 Å². The van der Waals surface area contributed by atoms with Gasteiger partial charge in [0.1, 0.15) is 22.4 Å². The molecule has 2 N–H and O–H groups in total. The molecular formula is C15H16N4O5S2. The summed E-state index contributed by atoms with van der Waals surface area (Å²) in [6.45, 7) is -0.373. The summed E-state index contributed by atoms with van der Waals surface area (Å²) >= 11 is 0. The average molecular weight is 396 g/mol. The lowest BCUT2D eigenvalue weighted by Gasteiger charge is -2.17. The van der Waals surface area contributed by atoms with Gasteiger partial charge in [-0.2, -0.15) is 9.98 Å². The fraction of sp³-hybridized carbons (Fsp3) is 0.267. The number of pyridine rings is 1. The first-order chi connectivity index (χ1) is 12.1. The number of fused-ring (bicyclic) bond motifs is 1. The minimum absolute atomic E-state index is 0.135. The highest BCUT2D eigenvalue weighted by Gasteiger charge is 2.29. The number of sulfonamides is 1. The lowest BCUT2D eigenvalue weighted by molar-refractivity contribution is -0.122. The van der Waals surface area contributed by atoms with Crippen molar-refractivity contribution >= 4 is 36.7 Å². The molecule has 0 saturated carbocycles. The molecule has 0 fully saturated rings. The van der Waals surface area contributed by atoms with Crippen LogP contribution in [0.2, 0.25) is 0 Å². The van der Waals surface area contributed by atoms with Crippen LogP contribution in [0.15, 0.2) is 41.4 Å². The van der Waals surface area contributed by atoms with E-state index in [1.807, 2.05) is 0 Å². The molecule has 1 heterocycles. The molecule has 2 rings (SSSR count). The molecule has 0 radical (unpaired) electrons. The number of hydrogen-bond acceptors (Lipinski definition) is 7. The minimum atomic E-state index is -4.18. The Balaban J connectivity index is 2.34. The van der Waals surface area contributed by atoms with Crippen molar-refractivity contribution in [2.24, 2.45) is 0 Å². The second-order valence-electron chi connectivity index (χ2n) is 5.50. The molecule has 1 unspecified atom stereocenters. The average Bonchev–Trinajstić information content (AvgIpc) is 2.57. The van der Waals surface area contributed by atoms with Crippen LogP contribution >= 0.6 is 0 Å². The third-order valence-corrected chi connectivity index (χ3v) is 5.72. The van der Waals surface area contributed by atoms with Crippen molar-refractivity contribution in [2.45, 2.75) is 10.9 Å². The van der Waals surface area contributed by atoms with Crippen LogP contribution in [0.3, 0.4) is 0 Å². The Labute approximate surface area is 151 Å². The van der Waals surface area contributed by atoms with Gasteiger partial charge in [-0.25, -0.2) is 16.8 Å². The Kier molecular flexibility index (Phi) is 5.91. The SMILES string of the molecule is CS(=O)(=O)CC(NS(=O)(=O)c1ccc2ncccc2c1)C(=O)NCC#N. The number of carbonyl (C=O) groups is 1. The topological polar surface area (TPSA) is 146 Å². The Bertz CT molecular complexity index is 1070. The highest BCUT2D eigenvalue weighted by molar-refractivity contribution is 7.91. The number of hydrogen-bond donors (Lipinski definition) is 2. The number of benzene rings is 1. The Hall–Kier alpha value is -2.55. The summed E-state index contributed by atoms with van der Waals surface area (Å²) in [5, 5.41) is 11.2. The van der Waals surface area contributed by atoms with E-state index in [-0.39, 0.29) is 11.4 Å². The van der Waals surface area contributed by atoms with Crippen LogP contribution in [-0.4, -0.2) is 52.3 Å². The van der Waals surface area contributed by atoms with Crippen molar-refractivity contribution in [1.82, 2.24) is 15.0 Å². The van der Waals surface area contributed by atoms with Gasteiger partial charge in [0.25, 0.3) is 0 Å². The van der Waals surface area contributed by atoms with Gasteiger partial charge >= 0.3 is 0 Å². The van der Waals surface area contributed by atoms with Crippen molar-refractivity contribution in [3.63, 3.8) is 0 Å². The molecule has 0 bridgehead atoms. The van der Waals surface area contributed by atoms with Crippen molar-refractivity contribution < 1.29 is 21.6 Å². The lowest BCUT2D eigenvalue weighted by atomic mass is 10.2. The quantitative estimate of drug-likeness (QED) is 0.604. The van der Waals surface area contributed by atoms with Crippen molar-refractivity contribution in [1.29, 1.82) is 5.26 Å². The number of carbonyl (C=O) groups excluding carboxylic acids is 1. The van der Waals surface area contributed by atoms with Gasteiger partial charge in [-0.05, 0) is 24.3 Å². The monoisotopic (exact) mass is 396 g/mol. The first kappa shape index (κ1) is 19.8. The second-order valence-corrected chi connectivity index (χ2v) is 9.40. The van der Waals surface area contributed by atoms with Gasteiger partial charge in [-0.3, -0.25) is 9.78 Å². The first-order valence-corrected chi connectivity index (χ1v) is 10.9. The second kappa shape index (κ2) is 7.77. The molecule has 1 aromatic heterocycles. The molecule has 0 saturated heterocycles. The molecule has 0 aliphatic carbocycles. The van der Waals surface area contributed by atoms with E-state index >= 15 is 0 Å². The number of nitrogens with one attached hydrogen (secondary N) is 2. The van der Waals surface area contributed by atoms with E-state index in [9.17, 15) is 21.6 Å². The zero-order valence-corrected chi connectivity index (χ0v) is 15.3. The minimum Gasteiger partial charge on any atom is -0.342 e. The number of rotatable bonds is 7. The summed E-state index contributed by atoms with van der Waals surface area (Å²) in [6.07, 6.45) is 2.45. The zero-order chi connectivity index (χ0) is 19.4. The van der Waals surface area contributed by atoms with Crippen LogP contribution in [0, 0.1) is 11.3 Å². The van der Waals surface area contributed by atoms with Crippen LogP contribution in [0.1, 0.15) is 0 Å². The van der Waals surface area contributed by atoms with Crippen molar-refractivity contribution in [2.75, 3.05) is 18.6 Å². The third-order valence-electron chi connectivity index (χ3n) is 3.31. The maximum atomic E-state index is 12.6. The summed E-state index contributed by atoms with van der Waals surface area (Å²) in [5.41, 5.74) is 0.589. The van der Waals surface area contributed by atoms with E-state index < -0.39 is 37.6 Å². The standard InChI is InChI=1S/C15H16N4O5S2/c1-25(21,22)10-14(15(20)18-8-6-16)19-26(23,24)12-4-5-13-11(9-12)3-2-7-17-13/h2-5,7,9,14,19H,8,10H2,1H3,(H,18,20). The van der Waals surface area contributed by atoms with Gasteiger partial charge in [0.2, 0.25) is 15.9 Å². The van der Waals surface area contributed by atoms with Gasteiger partial charge in [0.15, 0.2) is 0 Å². The Morgan fingerprint density at radius 2 is 2.00 bits per heavy atom. The molecule has 11 heteroatoms. The molecule has 0 spiro atoms. The van der Waals surface area contributed by atoms with Crippen LogP contribution in [0.25, 0.3) is 10.9 Å². The van der Waals surface area contributed by atoms with Crippen molar-refractivity contribution in [3.05, 3.63) is 36.5 Å². The largest absolute Gasteiger partial charge is 0.342 e. The molecule has 0 aliphatic rings. The lowest BCUT2D eigenvalue weighted by Crippen LogP contribution is -2.50. The van der Waals surface area contributed by atoms with E-state index in [0.29, 0.717) is 10.9 Å². The molecule has 2 aromatic rings. The van der Waals surface area contributed by atoms with Gasteiger partial charge in [0, 0.05) is 17.8 Å². The number of amides is 1. The highest BCUT2D eigenvalue weighted by Crippen LogP contribution is 2.17. The van der Waals surface area contributed by atoms with E-state index in [1.165, 1.54) is 18.2 Å². The van der Waals surface area contributed by atoms with Crippen molar-refractivity contribution in [3.8, 4) is 6.07 Å². The zero-order valence-electron chi connectivity index (χ0n) is 13.7. The van der Waals surface area contributed by atoms with Gasteiger partial charge in [-0.1, -0.05) is 6.07 Å². The summed E-state index contributed by atoms with van der Waals surface area (Å²) < 4.78 is 50.3. The van der Waals surface area contributed by atoms with Gasteiger partial charge in [-0.15, -0.1) is 0 Å². The molecule has 0 aliphatic heterocycles. The van der Waals surface area contributed by atoms with E-state index in [4.69, 9.17) is 5.26 Å². The summed E-state index contributed by atoms with van der Waals surface area (Å²) in [6, 6.07) is 7.61. The fourth-order valence-electron chi connectivity index (χ4n) is 2.19. The number of nitriles is 1. The van der Waals surface area contributed by atoms with Gasteiger partial charge in [0.05, 0.1) is 22.2 Å². The van der Waals surface area contributed by atoms with Crippen LogP contribution in [-0.2, 0) is 24.7 Å². The smallest absolute Gasteiger partial charge is 0.241 e.